The minimum absolute atomic E-state index is 0.0585. The number of aryl methyl sites for hydroxylation is 1. The maximum Gasteiger partial charge on any atom is 0.327 e. The molecule has 0 N–H and O–H groups in total. The van der Waals surface area contributed by atoms with E-state index in [-0.39, 0.29) is 11.9 Å². The maximum atomic E-state index is 13.2. The van der Waals surface area contributed by atoms with Crippen LogP contribution in [0.5, 0.6) is 0 Å². The minimum Gasteiger partial charge on any atom is -0.465 e. The highest BCUT2D eigenvalue weighted by molar-refractivity contribution is 6.10. The number of esters is 1. The fourth-order valence-electron chi connectivity index (χ4n) is 4.60. The molecule has 2 aliphatic carbocycles. The van der Waals surface area contributed by atoms with Gasteiger partial charge in [-0.25, -0.2) is 0 Å². The summed E-state index contributed by atoms with van der Waals surface area (Å²) < 4.78 is 11.8. The molecule has 1 aromatic heterocycles. The van der Waals surface area contributed by atoms with Crippen molar-refractivity contribution in [2.75, 3.05) is 0 Å². The first-order chi connectivity index (χ1) is 11.8. The van der Waals surface area contributed by atoms with E-state index in [1.165, 1.54) is 6.42 Å². The molecule has 2 aliphatic rings. The Kier molecular flexibility index (Phi) is 5.08. The van der Waals surface area contributed by atoms with Crippen molar-refractivity contribution in [2.45, 2.75) is 77.7 Å². The van der Waals surface area contributed by atoms with Crippen LogP contribution in [0.1, 0.15) is 70.8 Å². The van der Waals surface area contributed by atoms with Gasteiger partial charge in [0.2, 0.25) is 0 Å². The average molecular weight is 346 g/mol. The van der Waals surface area contributed by atoms with E-state index in [0.717, 1.165) is 12.8 Å². The highest BCUT2D eigenvalue weighted by Crippen LogP contribution is 2.42. The summed E-state index contributed by atoms with van der Waals surface area (Å²) >= 11 is 0. The van der Waals surface area contributed by atoms with Gasteiger partial charge in [0.1, 0.15) is 17.6 Å². The van der Waals surface area contributed by atoms with Crippen LogP contribution in [0.4, 0.5) is 0 Å². The normalized spacial score (nSPS) is 33.0. The summed E-state index contributed by atoms with van der Waals surface area (Å²) in [5, 5.41) is 0. The monoisotopic (exact) mass is 346 g/mol. The summed E-state index contributed by atoms with van der Waals surface area (Å²) in [7, 11) is 0. The lowest BCUT2D eigenvalue weighted by Gasteiger charge is -2.38. The van der Waals surface area contributed by atoms with Gasteiger partial charge in [-0.05, 0) is 62.5 Å². The van der Waals surface area contributed by atoms with Gasteiger partial charge in [-0.1, -0.05) is 27.2 Å². The zero-order chi connectivity index (χ0) is 18.2. The molecule has 25 heavy (non-hydrogen) atoms. The van der Waals surface area contributed by atoms with E-state index in [4.69, 9.17) is 9.15 Å². The summed E-state index contributed by atoms with van der Waals surface area (Å²) in [6.07, 6.45) is 4.67. The molecule has 0 saturated heterocycles. The molecule has 4 nitrogen and oxygen atoms in total. The molecular formula is C21H30O4. The van der Waals surface area contributed by atoms with Crippen LogP contribution in [-0.4, -0.2) is 17.9 Å². The van der Waals surface area contributed by atoms with E-state index in [2.05, 4.69) is 20.8 Å². The zero-order valence-electron chi connectivity index (χ0n) is 15.8. The van der Waals surface area contributed by atoms with E-state index in [1.54, 1.807) is 6.07 Å². The Morgan fingerprint density at radius 3 is 2.64 bits per heavy atom. The standard InChI is InChI=1S/C21H30O4/c1-13(2)16-9-7-14(3)12-17(16)25-20(23)21(11-5-6-18(21)22)19-10-8-15(4)24-19/h8,10,13-14,16-17H,5-7,9,11-12H2,1-4H3/t14-,16+,17-,21?/m1/s1. The lowest BCUT2D eigenvalue weighted by atomic mass is 9.75. The molecular weight excluding hydrogens is 316 g/mol. The summed E-state index contributed by atoms with van der Waals surface area (Å²) in [6.45, 7) is 8.42. The number of ketones is 1. The van der Waals surface area contributed by atoms with Crippen molar-refractivity contribution in [2.24, 2.45) is 17.8 Å². The average Bonchev–Trinajstić information content (AvgIpc) is 3.13. The molecule has 2 fully saturated rings. The number of carbonyl (C=O) groups is 2. The van der Waals surface area contributed by atoms with E-state index >= 15 is 0 Å². The smallest absolute Gasteiger partial charge is 0.327 e. The van der Waals surface area contributed by atoms with Crippen molar-refractivity contribution >= 4 is 11.8 Å². The van der Waals surface area contributed by atoms with Crippen LogP contribution in [0, 0.1) is 24.7 Å². The van der Waals surface area contributed by atoms with Gasteiger partial charge >= 0.3 is 5.97 Å². The van der Waals surface area contributed by atoms with Gasteiger partial charge in [0, 0.05) is 6.42 Å². The summed E-state index contributed by atoms with van der Waals surface area (Å²) in [4.78, 5) is 25.9. The molecule has 0 spiro atoms. The Bertz CT molecular complexity index is 644. The highest BCUT2D eigenvalue weighted by Gasteiger charge is 2.54. The second kappa shape index (κ2) is 6.97. The van der Waals surface area contributed by atoms with Crippen LogP contribution in [0.15, 0.2) is 16.5 Å². The van der Waals surface area contributed by atoms with Crippen LogP contribution in [0.2, 0.25) is 0 Å². The predicted molar refractivity (Wildman–Crippen MR) is 95.2 cm³/mol. The molecule has 138 valence electrons. The molecule has 1 unspecified atom stereocenters. The fourth-order valence-corrected chi connectivity index (χ4v) is 4.60. The number of carbonyl (C=O) groups excluding carboxylic acids is 2. The van der Waals surface area contributed by atoms with Gasteiger partial charge < -0.3 is 9.15 Å². The van der Waals surface area contributed by atoms with Gasteiger partial charge in [0.15, 0.2) is 11.2 Å². The van der Waals surface area contributed by atoms with E-state index < -0.39 is 11.4 Å². The number of Topliss-reactive ketones (excluding diaryl/α,β-unsaturated/α-hetero) is 1. The third-order valence-corrected chi connectivity index (χ3v) is 6.16. The molecule has 0 amide bonds. The van der Waals surface area contributed by atoms with Crippen LogP contribution < -0.4 is 0 Å². The van der Waals surface area contributed by atoms with E-state index in [1.807, 2.05) is 13.0 Å². The van der Waals surface area contributed by atoms with Crippen molar-refractivity contribution in [3.63, 3.8) is 0 Å². The van der Waals surface area contributed by atoms with Gasteiger partial charge in [-0.3, -0.25) is 9.59 Å². The fraction of sp³-hybridized carbons (Fsp3) is 0.714. The van der Waals surface area contributed by atoms with Crippen LogP contribution in [-0.2, 0) is 19.7 Å². The topological polar surface area (TPSA) is 56.5 Å². The Balaban J connectivity index is 1.87. The van der Waals surface area contributed by atoms with Gasteiger partial charge in [0.25, 0.3) is 0 Å². The molecule has 4 heteroatoms. The lowest BCUT2D eigenvalue weighted by Crippen LogP contribution is -2.45. The van der Waals surface area contributed by atoms with Gasteiger partial charge in [-0.2, -0.15) is 0 Å². The van der Waals surface area contributed by atoms with Crippen molar-refractivity contribution in [1.29, 1.82) is 0 Å². The van der Waals surface area contributed by atoms with E-state index in [9.17, 15) is 9.59 Å². The SMILES string of the molecule is Cc1ccc(C2(C(=O)O[C@@H]3C[C@H](C)CC[C@H]3C(C)C)CCCC2=O)o1. The number of hydrogen-bond donors (Lipinski definition) is 0. The van der Waals surface area contributed by atoms with Crippen LogP contribution >= 0.6 is 0 Å². The molecule has 0 bridgehead atoms. The quantitative estimate of drug-likeness (QED) is 0.591. The Morgan fingerprint density at radius 2 is 2.08 bits per heavy atom. The summed E-state index contributed by atoms with van der Waals surface area (Å²) in [5.41, 5.74) is -1.23. The Hall–Kier alpha value is -1.58. The van der Waals surface area contributed by atoms with E-state index in [0.29, 0.717) is 48.5 Å². The molecule has 4 atom stereocenters. The second-order valence-electron chi connectivity index (χ2n) is 8.36. The molecule has 0 aliphatic heterocycles. The molecule has 0 radical (unpaired) electrons. The number of rotatable bonds is 4. The summed E-state index contributed by atoms with van der Waals surface area (Å²) in [5.74, 6) is 2.11. The zero-order valence-corrected chi connectivity index (χ0v) is 15.8. The van der Waals surface area contributed by atoms with Crippen LogP contribution in [0.3, 0.4) is 0 Å². The highest BCUT2D eigenvalue weighted by atomic mass is 16.5. The predicted octanol–water partition coefficient (Wildman–Crippen LogP) is 4.58. The van der Waals surface area contributed by atoms with Crippen LogP contribution in [0.25, 0.3) is 0 Å². The van der Waals surface area contributed by atoms with Crippen molar-refractivity contribution < 1.29 is 18.7 Å². The van der Waals surface area contributed by atoms with Crippen molar-refractivity contribution in [3.05, 3.63) is 23.7 Å². The number of hydrogen-bond acceptors (Lipinski definition) is 4. The third-order valence-electron chi connectivity index (χ3n) is 6.16. The van der Waals surface area contributed by atoms with Crippen molar-refractivity contribution in [1.82, 2.24) is 0 Å². The van der Waals surface area contributed by atoms with Gasteiger partial charge in [0.05, 0.1) is 0 Å². The Morgan fingerprint density at radius 1 is 1.32 bits per heavy atom. The minimum atomic E-state index is -1.23. The Labute approximate surface area is 150 Å². The molecule has 1 aromatic rings. The first-order valence-corrected chi connectivity index (χ1v) is 9.66. The largest absolute Gasteiger partial charge is 0.465 e. The molecule has 0 aromatic carbocycles. The second-order valence-corrected chi connectivity index (χ2v) is 8.36. The molecule has 2 saturated carbocycles. The molecule has 3 rings (SSSR count). The van der Waals surface area contributed by atoms with Crippen molar-refractivity contribution in [3.8, 4) is 0 Å². The summed E-state index contributed by atoms with van der Waals surface area (Å²) in [6, 6.07) is 3.58. The first-order valence-electron chi connectivity index (χ1n) is 9.66. The number of ether oxygens (including phenoxy) is 1. The third kappa shape index (κ3) is 3.28. The first kappa shape index (κ1) is 18.2. The maximum absolute atomic E-state index is 13.2. The molecule has 1 heterocycles. The number of furan rings is 1. The van der Waals surface area contributed by atoms with Gasteiger partial charge in [-0.15, -0.1) is 0 Å². The lowest BCUT2D eigenvalue weighted by molar-refractivity contribution is -0.165.